The van der Waals surface area contributed by atoms with Crippen molar-refractivity contribution >= 4 is 17.5 Å². The number of nitrogens with one attached hydrogen (secondary N) is 2. The normalized spacial score (nSPS) is 15.5. The van der Waals surface area contributed by atoms with E-state index in [4.69, 9.17) is 5.11 Å². The highest BCUT2D eigenvalue weighted by Gasteiger charge is 2.42. The Kier molecular flexibility index (Phi) is 4.39. The van der Waals surface area contributed by atoms with Gasteiger partial charge in [-0.15, -0.1) is 0 Å². The van der Waals surface area contributed by atoms with Gasteiger partial charge < -0.3 is 15.7 Å². The van der Waals surface area contributed by atoms with Gasteiger partial charge in [-0.1, -0.05) is 19.1 Å². The summed E-state index contributed by atoms with van der Waals surface area (Å²) in [5, 5.41) is 14.3. The maximum absolute atomic E-state index is 11.7. The van der Waals surface area contributed by atoms with Gasteiger partial charge in [-0.25, -0.2) is 0 Å². The summed E-state index contributed by atoms with van der Waals surface area (Å²) in [6, 6.07) is 7.39. The summed E-state index contributed by atoms with van der Waals surface area (Å²) >= 11 is 0. The van der Waals surface area contributed by atoms with Gasteiger partial charge in [0.1, 0.15) is 0 Å². The van der Waals surface area contributed by atoms with Crippen LogP contribution in [0.3, 0.4) is 0 Å². The van der Waals surface area contributed by atoms with Gasteiger partial charge in [-0.2, -0.15) is 0 Å². The van der Waals surface area contributed by atoms with Crippen LogP contribution in [0, 0.1) is 5.41 Å². The predicted octanol–water partition coefficient (Wildman–Crippen LogP) is 1.08. The molecular weight excluding hydrogens is 256 g/mol. The fourth-order valence-corrected chi connectivity index (χ4v) is 1.93. The van der Waals surface area contributed by atoms with Gasteiger partial charge in [0.25, 0.3) is 0 Å². The van der Waals surface area contributed by atoms with Gasteiger partial charge in [-0.3, -0.25) is 9.59 Å². The highest BCUT2D eigenvalue weighted by molar-refractivity contribution is 6.39. The van der Waals surface area contributed by atoms with Crippen molar-refractivity contribution in [2.24, 2.45) is 5.41 Å². The van der Waals surface area contributed by atoms with E-state index in [1.54, 1.807) is 12.1 Å². The standard InChI is InChI=1S/C15H20N2O3/c1-2-11-3-5-12(6-4-11)17-14(20)13(19)16-9-15(10-18)7-8-15/h3-6,18H,2,7-10H2,1H3,(H,16,19)(H,17,20). The van der Waals surface area contributed by atoms with E-state index in [9.17, 15) is 9.59 Å². The SMILES string of the molecule is CCc1ccc(NC(=O)C(=O)NCC2(CO)CC2)cc1. The number of amides is 2. The fourth-order valence-electron chi connectivity index (χ4n) is 1.93. The number of aryl methyl sites for hydroxylation is 1. The minimum atomic E-state index is -0.678. The molecule has 1 aromatic rings. The van der Waals surface area contributed by atoms with E-state index >= 15 is 0 Å². The van der Waals surface area contributed by atoms with Crippen molar-refractivity contribution < 1.29 is 14.7 Å². The Bertz CT molecular complexity index is 492. The Morgan fingerprint density at radius 1 is 1.20 bits per heavy atom. The molecule has 0 aromatic heterocycles. The molecule has 3 N–H and O–H groups in total. The fraction of sp³-hybridized carbons (Fsp3) is 0.467. The molecule has 0 spiro atoms. The summed E-state index contributed by atoms with van der Waals surface area (Å²) in [6.45, 7) is 2.45. The Hall–Kier alpha value is -1.88. The third kappa shape index (κ3) is 3.57. The first-order valence-electron chi connectivity index (χ1n) is 6.87. The molecule has 108 valence electrons. The Morgan fingerprint density at radius 3 is 2.35 bits per heavy atom. The van der Waals surface area contributed by atoms with Gasteiger partial charge in [0.15, 0.2) is 0 Å². The average molecular weight is 276 g/mol. The molecule has 0 radical (unpaired) electrons. The Balaban J connectivity index is 1.82. The van der Waals surface area contributed by atoms with Crippen LogP contribution < -0.4 is 10.6 Å². The molecule has 1 aliphatic carbocycles. The van der Waals surface area contributed by atoms with Crippen molar-refractivity contribution in [3.8, 4) is 0 Å². The third-order valence-electron chi connectivity index (χ3n) is 3.74. The molecule has 5 heteroatoms. The number of aliphatic hydroxyl groups is 1. The quantitative estimate of drug-likeness (QED) is 0.704. The second-order valence-electron chi connectivity index (χ2n) is 5.35. The Labute approximate surface area is 118 Å². The van der Waals surface area contributed by atoms with Crippen LogP contribution in [-0.4, -0.2) is 30.1 Å². The summed E-state index contributed by atoms with van der Waals surface area (Å²) in [4.78, 5) is 23.4. The van der Waals surface area contributed by atoms with Gasteiger partial charge in [0.2, 0.25) is 0 Å². The molecule has 20 heavy (non-hydrogen) atoms. The van der Waals surface area contributed by atoms with Gasteiger partial charge in [0.05, 0.1) is 6.61 Å². The molecular formula is C15H20N2O3. The maximum atomic E-state index is 11.7. The van der Waals surface area contributed by atoms with E-state index in [-0.39, 0.29) is 12.0 Å². The number of rotatable bonds is 5. The number of carbonyl (C=O) groups is 2. The highest BCUT2D eigenvalue weighted by Crippen LogP contribution is 2.44. The van der Waals surface area contributed by atoms with Gasteiger partial charge >= 0.3 is 11.8 Å². The lowest BCUT2D eigenvalue weighted by molar-refractivity contribution is -0.136. The zero-order chi connectivity index (χ0) is 14.6. The van der Waals surface area contributed by atoms with Crippen LogP contribution in [-0.2, 0) is 16.0 Å². The molecule has 2 amide bonds. The summed E-state index contributed by atoms with van der Waals surface area (Å²) in [6.07, 6.45) is 2.71. The number of anilines is 1. The van der Waals surface area contributed by atoms with Crippen LogP contribution in [0.15, 0.2) is 24.3 Å². The lowest BCUT2D eigenvalue weighted by Crippen LogP contribution is -2.39. The summed E-state index contributed by atoms with van der Waals surface area (Å²) in [5.41, 5.74) is 1.58. The molecule has 1 aliphatic rings. The number of benzene rings is 1. The van der Waals surface area contributed by atoms with E-state index in [2.05, 4.69) is 17.6 Å². The van der Waals surface area contributed by atoms with Crippen molar-refractivity contribution in [2.75, 3.05) is 18.5 Å². The highest BCUT2D eigenvalue weighted by atomic mass is 16.3. The van der Waals surface area contributed by atoms with Crippen LogP contribution >= 0.6 is 0 Å². The van der Waals surface area contributed by atoms with Crippen molar-refractivity contribution in [3.63, 3.8) is 0 Å². The smallest absolute Gasteiger partial charge is 0.313 e. The van der Waals surface area contributed by atoms with Crippen molar-refractivity contribution in [1.29, 1.82) is 0 Å². The first-order valence-corrected chi connectivity index (χ1v) is 6.87. The molecule has 2 rings (SSSR count). The zero-order valence-electron chi connectivity index (χ0n) is 11.6. The summed E-state index contributed by atoms with van der Waals surface area (Å²) in [5.74, 6) is -1.34. The van der Waals surface area contributed by atoms with Crippen LogP contribution in [0.4, 0.5) is 5.69 Å². The molecule has 0 bridgehead atoms. The van der Waals surface area contributed by atoms with E-state index < -0.39 is 11.8 Å². The molecule has 1 saturated carbocycles. The number of aliphatic hydroxyl groups excluding tert-OH is 1. The summed E-state index contributed by atoms with van der Waals surface area (Å²) < 4.78 is 0. The second kappa shape index (κ2) is 6.05. The molecule has 0 heterocycles. The molecule has 1 fully saturated rings. The lowest BCUT2D eigenvalue weighted by Gasteiger charge is -2.12. The van der Waals surface area contributed by atoms with Crippen LogP contribution in [0.2, 0.25) is 0 Å². The van der Waals surface area contributed by atoms with Crippen LogP contribution in [0.1, 0.15) is 25.3 Å². The number of hydrogen-bond donors (Lipinski definition) is 3. The van der Waals surface area contributed by atoms with Gasteiger partial charge in [0, 0.05) is 17.6 Å². The van der Waals surface area contributed by atoms with E-state index in [0.717, 1.165) is 19.3 Å². The first kappa shape index (κ1) is 14.5. The largest absolute Gasteiger partial charge is 0.396 e. The first-order chi connectivity index (χ1) is 9.58. The van der Waals surface area contributed by atoms with Crippen LogP contribution in [0.5, 0.6) is 0 Å². The number of carbonyl (C=O) groups excluding carboxylic acids is 2. The predicted molar refractivity (Wildman–Crippen MR) is 76.2 cm³/mol. The minimum absolute atomic E-state index is 0.0490. The third-order valence-corrected chi connectivity index (χ3v) is 3.74. The van der Waals surface area contributed by atoms with Crippen molar-refractivity contribution in [1.82, 2.24) is 5.32 Å². The lowest BCUT2D eigenvalue weighted by atomic mass is 10.1. The average Bonchev–Trinajstić information content (AvgIpc) is 3.26. The molecule has 0 unspecified atom stereocenters. The van der Waals surface area contributed by atoms with E-state index in [1.165, 1.54) is 5.56 Å². The topological polar surface area (TPSA) is 78.4 Å². The minimum Gasteiger partial charge on any atom is -0.396 e. The Morgan fingerprint density at radius 2 is 1.85 bits per heavy atom. The van der Waals surface area contributed by atoms with Crippen LogP contribution in [0.25, 0.3) is 0 Å². The molecule has 0 saturated heterocycles. The van der Waals surface area contributed by atoms with Gasteiger partial charge in [-0.05, 0) is 37.0 Å². The monoisotopic (exact) mass is 276 g/mol. The molecule has 1 aromatic carbocycles. The maximum Gasteiger partial charge on any atom is 0.313 e. The summed E-state index contributed by atoms with van der Waals surface area (Å²) in [7, 11) is 0. The zero-order valence-corrected chi connectivity index (χ0v) is 11.6. The van der Waals surface area contributed by atoms with Crippen molar-refractivity contribution in [3.05, 3.63) is 29.8 Å². The molecule has 0 aliphatic heterocycles. The second-order valence-corrected chi connectivity index (χ2v) is 5.35. The number of hydrogen-bond acceptors (Lipinski definition) is 3. The molecule has 5 nitrogen and oxygen atoms in total. The van der Waals surface area contributed by atoms with E-state index in [0.29, 0.717) is 12.2 Å². The van der Waals surface area contributed by atoms with Crippen molar-refractivity contribution in [2.45, 2.75) is 26.2 Å². The van der Waals surface area contributed by atoms with E-state index in [1.807, 2.05) is 12.1 Å². The molecule has 0 atom stereocenters.